The minimum atomic E-state index is -4.86. The first kappa shape index (κ1) is 30.2. The Bertz CT molecular complexity index is 1270. The molecule has 12 heteroatoms. The summed E-state index contributed by atoms with van der Waals surface area (Å²) in [5.74, 6) is -1.51. The number of fused-ring (bicyclic) bond motifs is 1. The number of likely N-dealkylation sites (tertiary alicyclic amines) is 1. The van der Waals surface area contributed by atoms with Gasteiger partial charge in [0.25, 0.3) is 11.8 Å². The van der Waals surface area contributed by atoms with E-state index in [1.807, 2.05) is 30.3 Å². The Labute approximate surface area is 236 Å². The van der Waals surface area contributed by atoms with E-state index >= 15 is 0 Å². The maximum Gasteiger partial charge on any atom is 0.417 e. The summed E-state index contributed by atoms with van der Waals surface area (Å²) >= 11 is 0. The lowest BCUT2D eigenvalue weighted by Crippen LogP contribution is -2.53. The van der Waals surface area contributed by atoms with E-state index in [-0.39, 0.29) is 37.7 Å². The van der Waals surface area contributed by atoms with Gasteiger partial charge in [0, 0.05) is 39.4 Å². The zero-order valence-electron chi connectivity index (χ0n) is 23.3. The van der Waals surface area contributed by atoms with Crippen molar-refractivity contribution in [1.29, 1.82) is 0 Å². The monoisotopic (exact) mass is 577 g/mol. The van der Waals surface area contributed by atoms with Crippen LogP contribution in [0.15, 0.2) is 42.5 Å². The van der Waals surface area contributed by atoms with E-state index in [0.29, 0.717) is 25.9 Å². The summed E-state index contributed by atoms with van der Waals surface area (Å²) in [5.41, 5.74) is -2.27. The number of hydrogen-bond donors (Lipinski definition) is 1. The molecule has 41 heavy (non-hydrogen) atoms. The minimum Gasteiger partial charge on any atom is -0.476 e. The summed E-state index contributed by atoms with van der Waals surface area (Å²) in [6, 6.07) is 10.4. The molecule has 222 valence electrons. The molecule has 4 rings (SSSR count). The van der Waals surface area contributed by atoms with Crippen molar-refractivity contribution in [3.8, 4) is 5.75 Å². The number of nitrogens with zero attached hydrogens (tertiary/aromatic N) is 2. The van der Waals surface area contributed by atoms with Crippen molar-refractivity contribution in [3.63, 3.8) is 0 Å². The van der Waals surface area contributed by atoms with Gasteiger partial charge >= 0.3 is 12.3 Å². The summed E-state index contributed by atoms with van der Waals surface area (Å²) in [6.45, 7) is 4.12. The third-order valence-electron chi connectivity index (χ3n) is 7.03. The van der Waals surface area contributed by atoms with Gasteiger partial charge in [0.1, 0.15) is 12.4 Å². The number of rotatable bonds is 9. The van der Waals surface area contributed by atoms with Crippen LogP contribution in [0.25, 0.3) is 0 Å². The lowest BCUT2D eigenvalue weighted by Gasteiger charge is -2.39. The molecule has 1 fully saturated rings. The van der Waals surface area contributed by atoms with E-state index in [0.717, 1.165) is 17.7 Å². The SMILES string of the molecule is COCCCCN1C(=O)C(C)(C)Oc2cc(C(F)(F)F)c(C(=O)NC3CCN(C(=O)OCc4ccccc4)C3)cc21. The number of hydrogen-bond acceptors (Lipinski definition) is 6. The molecule has 0 aromatic heterocycles. The van der Waals surface area contributed by atoms with Crippen molar-refractivity contribution >= 4 is 23.6 Å². The Morgan fingerprint density at radius 2 is 1.88 bits per heavy atom. The normalized spacial score (nSPS) is 18.1. The predicted octanol–water partition coefficient (Wildman–Crippen LogP) is 4.78. The Hall–Kier alpha value is -3.80. The van der Waals surface area contributed by atoms with Gasteiger partial charge in [0.05, 0.1) is 16.8 Å². The van der Waals surface area contributed by atoms with Crippen LogP contribution >= 0.6 is 0 Å². The molecule has 0 radical (unpaired) electrons. The van der Waals surface area contributed by atoms with E-state index in [1.165, 1.54) is 23.6 Å². The molecule has 2 aromatic rings. The number of alkyl halides is 3. The summed E-state index contributed by atoms with van der Waals surface area (Å²) in [4.78, 5) is 41.7. The molecule has 3 amide bonds. The highest BCUT2D eigenvalue weighted by Crippen LogP contribution is 2.44. The van der Waals surface area contributed by atoms with Crippen LogP contribution in [-0.2, 0) is 27.1 Å². The molecule has 0 saturated carbocycles. The van der Waals surface area contributed by atoms with Crippen LogP contribution in [-0.4, -0.2) is 67.8 Å². The van der Waals surface area contributed by atoms with Gasteiger partial charge in [-0.15, -0.1) is 0 Å². The summed E-state index contributed by atoms with van der Waals surface area (Å²) in [5, 5.41) is 2.63. The molecule has 1 N–H and O–H groups in total. The second-order valence-electron chi connectivity index (χ2n) is 10.6. The summed E-state index contributed by atoms with van der Waals surface area (Å²) in [6.07, 6.45) is -3.91. The molecule has 1 atom stereocenters. The standard InChI is InChI=1S/C29H34F3N3O6/c1-28(2)26(37)35(12-7-8-14-39-3)23-15-21(22(29(30,31)32)16-24(23)41-28)25(36)33-20-11-13-34(17-20)27(38)40-18-19-9-5-4-6-10-19/h4-6,9-10,15-16,20H,7-8,11-14,17-18H2,1-3H3,(H,33,36). The molecule has 2 aliphatic rings. The van der Waals surface area contributed by atoms with E-state index < -0.39 is 46.9 Å². The Balaban J connectivity index is 1.51. The molecular formula is C29H34F3N3O6. The zero-order chi connectivity index (χ0) is 29.8. The maximum atomic E-state index is 14.1. The molecule has 1 saturated heterocycles. The van der Waals surface area contributed by atoms with Gasteiger partial charge in [-0.1, -0.05) is 30.3 Å². The fourth-order valence-electron chi connectivity index (χ4n) is 4.89. The quantitative estimate of drug-likeness (QED) is 0.431. The molecule has 0 spiro atoms. The van der Waals surface area contributed by atoms with Gasteiger partial charge in [0.15, 0.2) is 5.60 Å². The Morgan fingerprint density at radius 3 is 2.56 bits per heavy atom. The average molecular weight is 578 g/mol. The van der Waals surface area contributed by atoms with Crippen LogP contribution in [0.4, 0.5) is 23.7 Å². The summed E-state index contributed by atoms with van der Waals surface area (Å²) < 4.78 is 58.5. The van der Waals surface area contributed by atoms with Crippen molar-refractivity contribution < 1.29 is 41.8 Å². The minimum absolute atomic E-state index is 0.0802. The van der Waals surface area contributed by atoms with Crippen molar-refractivity contribution in [2.24, 2.45) is 0 Å². The van der Waals surface area contributed by atoms with E-state index in [2.05, 4.69) is 5.32 Å². The van der Waals surface area contributed by atoms with Crippen LogP contribution in [0.1, 0.15) is 54.6 Å². The van der Waals surface area contributed by atoms with Gasteiger partial charge in [0.2, 0.25) is 0 Å². The van der Waals surface area contributed by atoms with Crippen LogP contribution in [0.2, 0.25) is 0 Å². The fourth-order valence-corrected chi connectivity index (χ4v) is 4.89. The highest BCUT2D eigenvalue weighted by molar-refractivity contribution is 6.05. The number of carbonyl (C=O) groups is 3. The van der Waals surface area contributed by atoms with Crippen LogP contribution in [0.3, 0.4) is 0 Å². The third-order valence-corrected chi connectivity index (χ3v) is 7.03. The number of nitrogens with one attached hydrogen (secondary N) is 1. The van der Waals surface area contributed by atoms with E-state index in [9.17, 15) is 27.6 Å². The van der Waals surface area contributed by atoms with Crippen molar-refractivity contribution in [2.75, 3.05) is 38.3 Å². The van der Waals surface area contributed by atoms with Crippen LogP contribution in [0.5, 0.6) is 5.75 Å². The topological polar surface area (TPSA) is 97.4 Å². The maximum absolute atomic E-state index is 14.1. The third kappa shape index (κ3) is 7.10. The number of methoxy groups -OCH3 is 1. The molecule has 1 unspecified atom stereocenters. The number of carbonyl (C=O) groups excluding carboxylic acids is 3. The highest BCUT2D eigenvalue weighted by atomic mass is 19.4. The van der Waals surface area contributed by atoms with Crippen LogP contribution < -0.4 is 15.0 Å². The van der Waals surface area contributed by atoms with E-state index in [1.54, 1.807) is 7.11 Å². The predicted molar refractivity (Wildman–Crippen MR) is 144 cm³/mol. The number of ether oxygens (including phenoxy) is 3. The molecule has 9 nitrogen and oxygen atoms in total. The molecule has 2 heterocycles. The second kappa shape index (κ2) is 12.4. The fraction of sp³-hybridized carbons (Fsp3) is 0.483. The number of anilines is 1. The molecule has 2 aromatic carbocycles. The lowest BCUT2D eigenvalue weighted by molar-refractivity contribution is -0.138. The van der Waals surface area contributed by atoms with Gasteiger partial charge in [-0.3, -0.25) is 9.59 Å². The number of amides is 3. The van der Waals surface area contributed by atoms with Gasteiger partial charge in [-0.2, -0.15) is 13.2 Å². The van der Waals surface area contributed by atoms with E-state index in [4.69, 9.17) is 14.2 Å². The first-order chi connectivity index (χ1) is 19.4. The Kier molecular flexibility index (Phi) is 9.11. The van der Waals surface area contributed by atoms with Crippen molar-refractivity contribution in [1.82, 2.24) is 10.2 Å². The first-order valence-corrected chi connectivity index (χ1v) is 13.4. The van der Waals surface area contributed by atoms with Crippen molar-refractivity contribution in [3.05, 3.63) is 59.2 Å². The average Bonchev–Trinajstić information content (AvgIpc) is 3.39. The smallest absolute Gasteiger partial charge is 0.417 e. The molecule has 0 bridgehead atoms. The number of unbranched alkanes of at least 4 members (excludes halogenated alkanes) is 1. The second-order valence-corrected chi connectivity index (χ2v) is 10.6. The number of benzene rings is 2. The molecule has 2 aliphatic heterocycles. The lowest BCUT2D eigenvalue weighted by atomic mass is 9.98. The zero-order valence-corrected chi connectivity index (χ0v) is 23.3. The van der Waals surface area contributed by atoms with Gasteiger partial charge in [-0.05, 0) is 50.8 Å². The summed E-state index contributed by atoms with van der Waals surface area (Å²) in [7, 11) is 1.55. The Morgan fingerprint density at radius 1 is 1.15 bits per heavy atom. The first-order valence-electron chi connectivity index (χ1n) is 13.4. The number of halogens is 3. The van der Waals surface area contributed by atoms with Crippen LogP contribution in [0, 0.1) is 0 Å². The largest absolute Gasteiger partial charge is 0.476 e. The van der Waals surface area contributed by atoms with Gasteiger partial charge in [-0.25, -0.2) is 4.79 Å². The van der Waals surface area contributed by atoms with Gasteiger partial charge < -0.3 is 29.3 Å². The molecule has 0 aliphatic carbocycles. The molecular weight excluding hydrogens is 543 g/mol. The van der Waals surface area contributed by atoms with Crippen molar-refractivity contribution in [2.45, 2.75) is 57.5 Å². The highest BCUT2D eigenvalue weighted by Gasteiger charge is 2.44.